The average Bonchev–Trinajstić information content (AvgIpc) is 3.03. The average molecular weight is 394 g/mol. The fraction of sp³-hybridized carbons (Fsp3) is 0.333. The lowest BCUT2D eigenvalue weighted by molar-refractivity contribution is -0.137. The van der Waals surface area contributed by atoms with Crippen molar-refractivity contribution in [2.24, 2.45) is 0 Å². The van der Waals surface area contributed by atoms with Crippen molar-refractivity contribution in [3.63, 3.8) is 0 Å². The van der Waals surface area contributed by atoms with Gasteiger partial charge >= 0.3 is 12.1 Å². The SMILES string of the molecule is COC(=O)c1c(N)c(C#N)cn1-c1cc(N2CCOCC2)cc(C(F)(F)F)c1. The molecule has 0 aliphatic carbocycles. The quantitative estimate of drug-likeness (QED) is 0.805. The van der Waals surface area contributed by atoms with Crippen molar-refractivity contribution in [2.45, 2.75) is 6.18 Å². The minimum Gasteiger partial charge on any atom is -0.464 e. The van der Waals surface area contributed by atoms with Gasteiger partial charge in [0.15, 0.2) is 5.69 Å². The first-order chi connectivity index (χ1) is 13.3. The lowest BCUT2D eigenvalue weighted by atomic mass is 10.1. The highest BCUT2D eigenvalue weighted by atomic mass is 19.4. The van der Waals surface area contributed by atoms with E-state index in [-0.39, 0.29) is 22.6 Å². The highest BCUT2D eigenvalue weighted by Crippen LogP contribution is 2.35. The lowest BCUT2D eigenvalue weighted by Crippen LogP contribution is -2.36. The smallest absolute Gasteiger partial charge is 0.416 e. The van der Waals surface area contributed by atoms with Gasteiger partial charge in [-0.05, 0) is 18.2 Å². The number of esters is 1. The highest BCUT2D eigenvalue weighted by Gasteiger charge is 2.33. The summed E-state index contributed by atoms with van der Waals surface area (Å²) in [5, 5.41) is 9.20. The number of hydrogen-bond acceptors (Lipinski definition) is 6. The second-order valence-corrected chi connectivity index (χ2v) is 6.11. The molecule has 1 saturated heterocycles. The molecule has 10 heteroatoms. The monoisotopic (exact) mass is 394 g/mol. The van der Waals surface area contributed by atoms with Crippen LogP contribution in [0, 0.1) is 11.3 Å². The van der Waals surface area contributed by atoms with E-state index in [0.29, 0.717) is 32.0 Å². The molecule has 1 aromatic heterocycles. The molecule has 1 aliphatic rings. The molecular formula is C18H17F3N4O3. The van der Waals surface area contributed by atoms with E-state index in [2.05, 4.69) is 4.74 Å². The third-order valence-corrected chi connectivity index (χ3v) is 4.43. The number of aromatic nitrogens is 1. The number of hydrogen-bond donors (Lipinski definition) is 1. The van der Waals surface area contributed by atoms with Crippen molar-refractivity contribution in [2.75, 3.05) is 44.0 Å². The third kappa shape index (κ3) is 3.61. The van der Waals surface area contributed by atoms with Crippen LogP contribution in [-0.2, 0) is 15.7 Å². The molecule has 0 amide bonds. The molecule has 148 valence electrons. The number of carbonyl (C=O) groups excluding carboxylic acids is 1. The summed E-state index contributed by atoms with van der Waals surface area (Å²) in [7, 11) is 1.12. The Morgan fingerprint density at radius 3 is 2.46 bits per heavy atom. The summed E-state index contributed by atoms with van der Waals surface area (Å²) in [5.74, 6) is -0.857. The van der Waals surface area contributed by atoms with Gasteiger partial charge in [0.1, 0.15) is 6.07 Å². The van der Waals surface area contributed by atoms with Gasteiger partial charge in [-0.3, -0.25) is 0 Å². The number of rotatable bonds is 3. The minimum absolute atomic E-state index is 0.0364. The summed E-state index contributed by atoms with van der Waals surface area (Å²) in [6.45, 7) is 1.66. The second-order valence-electron chi connectivity index (χ2n) is 6.11. The molecular weight excluding hydrogens is 377 g/mol. The fourth-order valence-corrected chi connectivity index (χ4v) is 3.02. The molecule has 0 atom stereocenters. The molecule has 0 saturated carbocycles. The summed E-state index contributed by atoms with van der Waals surface area (Å²) in [5.41, 5.74) is 4.94. The van der Waals surface area contributed by atoms with Crippen LogP contribution in [0.25, 0.3) is 5.69 Å². The van der Waals surface area contributed by atoms with Gasteiger partial charge in [0.2, 0.25) is 0 Å². The topological polar surface area (TPSA) is 93.5 Å². The van der Waals surface area contributed by atoms with E-state index in [1.165, 1.54) is 12.3 Å². The maximum Gasteiger partial charge on any atom is 0.416 e. The molecule has 2 aromatic rings. The summed E-state index contributed by atoms with van der Waals surface area (Å²) in [4.78, 5) is 13.9. The molecule has 0 radical (unpaired) electrons. The molecule has 2 N–H and O–H groups in total. The Kier molecular flexibility index (Phi) is 5.20. The van der Waals surface area contributed by atoms with E-state index >= 15 is 0 Å². The largest absolute Gasteiger partial charge is 0.464 e. The number of methoxy groups -OCH3 is 1. The Morgan fingerprint density at radius 2 is 1.89 bits per heavy atom. The number of nitrogens with two attached hydrogens (primary N) is 1. The van der Waals surface area contributed by atoms with Gasteiger partial charge in [0, 0.05) is 30.7 Å². The zero-order valence-electron chi connectivity index (χ0n) is 14.9. The van der Waals surface area contributed by atoms with Crippen molar-refractivity contribution in [3.05, 3.63) is 41.2 Å². The molecule has 0 spiro atoms. The van der Waals surface area contributed by atoms with Gasteiger partial charge in [0.05, 0.1) is 37.1 Å². The van der Waals surface area contributed by atoms with E-state index < -0.39 is 17.7 Å². The Balaban J connectivity index is 2.21. The number of nitriles is 1. The van der Waals surface area contributed by atoms with Crippen molar-refractivity contribution in [3.8, 4) is 11.8 Å². The van der Waals surface area contributed by atoms with Crippen LogP contribution >= 0.6 is 0 Å². The van der Waals surface area contributed by atoms with Crippen LogP contribution < -0.4 is 10.6 Å². The molecule has 0 bridgehead atoms. The predicted molar refractivity (Wildman–Crippen MR) is 94.3 cm³/mol. The summed E-state index contributed by atoms with van der Waals surface area (Å²) < 4.78 is 51.5. The van der Waals surface area contributed by atoms with Crippen LogP contribution in [0.15, 0.2) is 24.4 Å². The number of halogens is 3. The molecule has 7 nitrogen and oxygen atoms in total. The number of ether oxygens (including phenoxy) is 2. The molecule has 3 rings (SSSR count). The van der Waals surface area contributed by atoms with Gasteiger partial charge in [-0.15, -0.1) is 0 Å². The van der Waals surface area contributed by atoms with Crippen LogP contribution in [0.5, 0.6) is 0 Å². The Labute approximate surface area is 158 Å². The van der Waals surface area contributed by atoms with Gasteiger partial charge in [-0.1, -0.05) is 0 Å². The van der Waals surface area contributed by atoms with Gasteiger partial charge in [0.25, 0.3) is 0 Å². The predicted octanol–water partition coefficient (Wildman–Crippen LogP) is 2.57. The van der Waals surface area contributed by atoms with Crippen molar-refractivity contribution < 1.29 is 27.4 Å². The van der Waals surface area contributed by atoms with Gasteiger partial charge < -0.3 is 24.7 Å². The van der Waals surface area contributed by atoms with Crippen LogP contribution in [0.2, 0.25) is 0 Å². The molecule has 28 heavy (non-hydrogen) atoms. The van der Waals surface area contributed by atoms with E-state index in [4.69, 9.17) is 10.5 Å². The number of nitrogens with zero attached hydrogens (tertiary/aromatic N) is 3. The molecule has 0 unspecified atom stereocenters. The number of alkyl halides is 3. The molecule has 1 aliphatic heterocycles. The van der Waals surface area contributed by atoms with E-state index in [1.54, 1.807) is 4.90 Å². The van der Waals surface area contributed by atoms with E-state index in [9.17, 15) is 23.2 Å². The molecule has 1 aromatic carbocycles. The number of morpholine rings is 1. The first kappa shape index (κ1) is 19.6. The number of carbonyl (C=O) groups is 1. The maximum absolute atomic E-state index is 13.5. The minimum atomic E-state index is -4.60. The van der Waals surface area contributed by atoms with E-state index in [1.807, 2.05) is 6.07 Å². The first-order valence-electron chi connectivity index (χ1n) is 8.31. The Bertz CT molecular complexity index is 941. The second kappa shape index (κ2) is 7.44. The number of nitrogen functional groups attached to an aromatic ring is 1. The number of anilines is 2. The zero-order valence-corrected chi connectivity index (χ0v) is 14.9. The maximum atomic E-state index is 13.5. The lowest BCUT2D eigenvalue weighted by Gasteiger charge is -2.30. The van der Waals surface area contributed by atoms with E-state index in [0.717, 1.165) is 23.8 Å². The third-order valence-electron chi connectivity index (χ3n) is 4.43. The normalized spacial score (nSPS) is 14.6. The van der Waals surface area contributed by atoms with Gasteiger partial charge in [-0.2, -0.15) is 18.4 Å². The first-order valence-corrected chi connectivity index (χ1v) is 8.31. The number of benzene rings is 1. The van der Waals surface area contributed by atoms with Crippen LogP contribution in [0.1, 0.15) is 21.6 Å². The summed E-state index contributed by atoms with van der Waals surface area (Å²) in [6, 6.07) is 5.28. The molecule has 2 heterocycles. The fourth-order valence-electron chi connectivity index (χ4n) is 3.02. The summed E-state index contributed by atoms with van der Waals surface area (Å²) in [6.07, 6.45) is -3.38. The van der Waals surface area contributed by atoms with Crippen molar-refractivity contribution in [1.29, 1.82) is 5.26 Å². The standard InChI is InChI=1S/C18H17F3N4O3/c1-27-17(26)16-15(23)11(9-22)10-25(16)14-7-12(18(19,20)21)6-13(8-14)24-2-4-28-5-3-24/h6-8,10H,2-5,23H2,1H3. The summed E-state index contributed by atoms with van der Waals surface area (Å²) >= 11 is 0. The zero-order chi connectivity index (χ0) is 20.5. The highest BCUT2D eigenvalue weighted by molar-refractivity contribution is 5.96. The van der Waals surface area contributed by atoms with Crippen molar-refractivity contribution >= 4 is 17.3 Å². The molecule has 1 fully saturated rings. The Morgan fingerprint density at radius 1 is 1.25 bits per heavy atom. The van der Waals surface area contributed by atoms with Crippen LogP contribution in [0.3, 0.4) is 0 Å². The van der Waals surface area contributed by atoms with Crippen LogP contribution in [-0.4, -0.2) is 43.9 Å². The van der Waals surface area contributed by atoms with Crippen molar-refractivity contribution in [1.82, 2.24) is 4.57 Å². The van der Waals surface area contributed by atoms with Gasteiger partial charge in [-0.25, -0.2) is 4.79 Å². The van der Waals surface area contributed by atoms with Crippen LogP contribution in [0.4, 0.5) is 24.5 Å². The Hall–Kier alpha value is -3.19.